The van der Waals surface area contributed by atoms with Crippen LogP contribution in [0, 0.1) is 23.2 Å². The Kier molecular flexibility index (Phi) is 6.09. The molecule has 6 unspecified atom stereocenters. The smallest absolute Gasteiger partial charge is 0.330 e. The fourth-order valence-corrected chi connectivity index (χ4v) is 7.40. The number of hydrogen-bond acceptors (Lipinski definition) is 4. The quantitative estimate of drug-likeness (QED) is 0.416. The van der Waals surface area contributed by atoms with Crippen molar-refractivity contribution in [3.8, 4) is 5.75 Å². The third-order valence-electron chi connectivity index (χ3n) is 8.88. The van der Waals surface area contributed by atoms with E-state index in [4.69, 9.17) is 14.2 Å². The van der Waals surface area contributed by atoms with Gasteiger partial charge < -0.3 is 14.2 Å². The van der Waals surface area contributed by atoms with Crippen molar-refractivity contribution in [3.63, 3.8) is 0 Å². The standard InChI is InChI=1S/C28H38O4/c1-4-30-25(29)17-20-8-11-24-27-18(2)15-19-16-21(32-26-7-5-6-14-31-26)9-10-22(19)23(27)12-13-28(20,24)3/h9-10,16-18,23-24,26-27H,4-8,11-15H2,1-3H3/b20-17+. The minimum absolute atomic E-state index is 0.0888. The molecule has 0 bridgehead atoms. The van der Waals surface area contributed by atoms with E-state index >= 15 is 0 Å². The van der Waals surface area contributed by atoms with E-state index in [1.54, 1.807) is 0 Å². The first kappa shape index (κ1) is 22.0. The Balaban J connectivity index is 1.37. The molecule has 3 aliphatic carbocycles. The van der Waals surface area contributed by atoms with Crippen LogP contribution in [0.5, 0.6) is 5.75 Å². The van der Waals surface area contributed by atoms with Crippen LogP contribution in [-0.2, 0) is 20.7 Å². The van der Waals surface area contributed by atoms with Gasteiger partial charge in [0, 0.05) is 12.5 Å². The largest absolute Gasteiger partial charge is 0.465 e. The third-order valence-corrected chi connectivity index (χ3v) is 8.88. The summed E-state index contributed by atoms with van der Waals surface area (Å²) >= 11 is 0. The highest BCUT2D eigenvalue weighted by molar-refractivity contribution is 5.83. The Morgan fingerprint density at radius 3 is 2.91 bits per heavy atom. The van der Waals surface area contributed by atoms with Gasteiger partial charge in [-0.1, -0.05) is 25.5 Å². The molecule has 1 aromatic carbocycles. The molecule has 0 spiro atoms. The second-order valence-electron chi connectivity index (χ2n) is 10.7. The Labute approximate surface area is 192 Å². The van der Waals surface area contributed by atoms with Gasteiger partial charge in [-0.3, -0.25) is 0 Å². The second kappa shape index (κ2) is 8.85. The second-order valence-corrected chi connectivity index (χ2v) is 10.7. The summed E-state index contributed by atoms with van der Waals surface area (Å²) in [6.45, 7) is 7.98. The molecule has 1 saturated heterocycles. The minimum Gasteiger partial charge on any atom is -0.465 e. The van der Waals surface area contributed by atoms with Gasteiger partial charge in [0.15, 0.2) is 6.29 Å². The van der Waals surface area contributed by atoms with Gasteiger partial charge in [0.2, 0.25) is 0 Å². The van der Waals surface area contributed by atoms with Gasteiger partial charge in [0.1, 0.15) is 5.75 Å². The third kappa shape index (κ3) is 3.89. The molecular weight excluding hydrogens is 400 g/mol. The molecule has 2 saturated carbocycles. The van der Waals surface area contributed by atoms with Gasteiger partial charge in [0.05, 0.1) is 13.2 Å². The van der Waals surface area contributed by atoms with Crippen LogP contribution in [0.25, 0.3) is 0 Å². The summed E-state index contributed by atoms with van der Waals surface area (Å²) in [6.07, 6.45) is 10.7. The first-order chi connectivity index (χ1) is 15.5. The van der Waals surface area contributed by atoms with Crippen molar-refractivity contribution in [2.24, 2.45) is 23.2 Å². The van der Waals surface area contributed by atoms with E-state index < -0.39 is 0 Å². The summed E-state index contributed by atoms with van der Waals surface area (Å²) in [5, 5.41) is 0. The highest BCUT2D eigenvalue weighted by Gasteiger charge is 2.54. The number of hydrogen-bond donors (Lipinski definition) is 0. The van der Waals surface area contributed by atoms with Crippen molar-refractivity contribution in [2.75, 3.05) is 13.2 Å². The Bertz CT molecular complexity index is 883. The normalized spacial score (nSPS) is 37.3. The van der Waals surface area contributed by atoms with Crippen molar-refractivity contribution >= 4 is 5.97 Å². The van der Waals surface area contributed by atoms with Crippen LogP contribution in [0.4, 0.5) is 0 Å². The van der Waals surface area contributed by atoms with Crippen LogP contribution in [0.1, 0.15) is 82.8 Å². The maximum absolute atomic E-state index is 12.2. The lowest BCUT2D eigenvalue weighted by molar-refractivity contribution is -0.137. The average molecular weight is 439 g/mol. The SMILES string of the molecule is CCOC(=O)/C=C1\CCC2C3C(C)Cc4cc(OC5CCCCO5)ccc4C3CCC12C. The number of benzene rings is 1. The van der Waals surface area contributed by atoms with E-state index in [0.717, 1.165) is 44.5 Å². The molecule has 5 rings (SSSR count). The predicted octanol–water partition coefficient (Wildman–Crippen LogP) is 6.18. The van der Waals surface area contributed by atoms with Crippen LogP contribution in [0.3, 0.4) is 0 Å². The zero-order valence-electron chi connectivity index (χ0n) is 19.9. The van der Waals surface area contributed by atoms with Gasteiger partial charge in [-0.15, -0.1) is 0 Å². The lowest BCUT2D eigenvalue weighted by Crippen LogP contribution is -2.43. The first-order valence-corrected chi connectivity index (χ1v) is 12.8. The summed E-state index contributed by atoms with van der Waals surface area (Å²) in [5.74, 6) is 3.39. The monoisotopic (exact) mass is 438 g/mol. The molecule has 1 heterocycles. The summed E-state index contributed by atoms with van der Waals surface area (Å²) in [6, 6.07) is 6.79. The van der Waals surface area contributed by atoms with E-state index in [1.807, 2.05) is 13.0 Å². The van der Waals surface area contributed by atoms with Crippen LogP contribution in [0.2, 0.25) is 0 Å². The lowest BCUT2D eigenvalue weighted by Gasteiger charge is -2.52. The predicted molar refractivity (Wildman–Crippen MR) is 125 cm³/mol. The van der Waals surface area contributed by atoms with E-state index in [0.29, 0.717) is 30.3 Å². The highest BCUT2D eigenvalue weighted by atomic mass is 16.7. The van der Waals surface area contributed by atoms with Gasteiger partial charge in [-0.25, -0.2) is 4.79 Å². The van der Waals surface area contributed by atoms with Crippen molar-refractivity contribution in [3.05, 3.63) is 41.0 Å². The number of rotatable bonds is 4. The first-order valence-electron chi connectivity index (χ1n) is 12.8. The van der Waals surface area contributed by atoms with Gasteiger partial charge in [-0.05, 0) is 104 Å². The van der Waals surface area contributed by atoms with Crippen LogP contribution < -0.4 is 4.74 Å². The molecule has 174 valence electrons. The zero-order chi connectivity index (χ0) is 22.3. The number of esters is 1. The molecule has 4 heteroatoms. The Morgan fingerprint density at radius 1 is 1.25 bits per heavy atom. The molecule has 6 atom stereocenters. The molecule has 4 aliphatic rings. The average Bonchev–Trinajstić information content (AvgIpc) is 3.10. The fourth-order valence-electron chi connectivity index (χ4n) is 7.40. The number of carbonyl (C=O) groups excluding carboxylic acids is 1. The van der Waals surface area contributed by atoms with Crippen molar-refractivity contribution in [2.45, 2.75) is 84.3 Å². The maximum Gasteiger partial charge on any atom is 0.330 e. The van der Waals surface area contributed by atoms with Crippen LogP contribution in [0.15, 0.2) is 29.8 Å². The van der Waals surface area contributed by atoms with Crippen LogP contribution >= 0.6 is 0 Å². The van der Waals surface area contributed by atoms with E-state index in [1.165, 1.54) is 36.0 Å². The molecule has 0 amide bonds. The van der Waals surface area contributed by atoms with Crippen molar-refractivity contribution in [1.29, 1.82) is 0 Å². The molecular formula is C28H38O4. The molecule has 3 fully saturated rings. The number of fused-ring (bicyclic) bond motifs is 5. The Morgan fingerprint density at radius 2 is 2.12 bits per heavy atom. The topological polar surface area (TPSA) is 44.8 Å². The molecule has 0 N–H and O–H groups in total. The molecule has 0 radical (unpaired) electrons. The summed E-state index contributed by atoms with van der Waals surface area (Å²) < 4.78 is 17.2. The lowest BCUT2D eigenvalue weighted by atomic mass is 9.52. The zero-order valence-corrected chi connectivity index (χ0v) is 19.9. The molecule has 4 nitrogen and oxygen atoms in total. The van der Waals surface area contributed by atoms with E-state index in [9.17, 15) is 4.79 Å². The molecule has 1 aliphatic heterocycles. The minimum atomic E-state index is -0.164. The van der Waals surface area contributed by atoms with Gasteiger partial charge in [0.25, 0.3) is 0 Å². The van der Waals surface area contributed by atoms with Crippen molar-refractivity contribution < 1.29 is 19.0 Å². The summed E-state index contributed by atoms with van der Waals surface area (Å²) in [5.41, 5.74) is 4.47. The van der Waals surface area contributed by atoms with Crippen molar-refractivity contribution in [1.82, 2.24) is 0 Å². The van der Waals surface area contributed by atoms with Gasteiger partial charge in [-0.2, -0.15) is 0 Å². The number of allylic oxidation sites excluding steroid dienone is 1. The fraction of sp³-hybridized carbons (Fsp3) is 0.679. The molecule has 1 aromatic rings. The van der Waals surface area contributed by atoms with Crippen LogP contribution in [-0.4, -0.2) is 25.5 Å². The van der Waals surface area contributed by atoms with E-state index in [2.05, 4.69) is 32.0 Å². The number of carbonyl (C=O) groups is 1. The Hall–Kier alpha value is -1.81. The van der Waals surface area contributed by atoms with E-state index in [-0.39, 0.29) is 17.7 Å². The molecule has 0 aromatic heterocycles. The molecule has 32 heavy (non-hydrogen) atoms. The highest BCUT2D eigenvalue weighted by Crippen LogP contribution is 2.63. The van der Waals surface area contributed by atoms with Gasteiger partial charge >= 0.3 is 5.97 Å². The maximum atomic E-state index is 12.2. The summed E-state index contributed by atoms with van der Waals surface area (Å²) in [4.78, 5) is 12.2. The number of ether oxygens (including phenoxy) is 3. The summed E-state index contributed by atoms with van der Waals surface area (Å²) in [7, 11) is 0.